The summed E-state index contributed by atoms with van der Waals surface area (Å²) in [5, 5.41) is 3.69. The van der Waals surface area contributed by atoms with Gasteiger partial charge in [-0.05, 0) is 57.3 Å². The summed E-state index contributed by atoms with van der Waals surface area (Å²) in [6, 6.07) is 42.3. The van der Waals surface area contributed by atoms with Gasteiger partial charge in [0.25, 0.3) is 0 Å². The Labute approximate surface area is 278 Å². The molecular formula is C43H27N3O. The van der Waals surface area contributed by atoms with Gasteiger partial charge < -0.3 is 4.42 Å². The third-order valence-corrected chi connectivity index (χ3v) is 8.43. The van der Waals surface area contributed by atoms with Crippen LogP contribution < -0.4 is 0 Å². The molecule has 0 fully saturated rings. The van der Waals surface area contributed by atoms with E-state index in [1.54, 1.807) is 0 Å². The van der Waals surface area contributed by atoms with Gasteiger partial charge in [-0.3, -0.25) is 0 Å². The lowest BCUT2D eigenvalue weighted by molar-refractivity contribution is 0.669. The Balaban J connectivity index is 1.19. The SMILES string of the molecule is [2H]c1c([2H])c([2H])c(-c2nc(-c3ccc4cc(-c5ccc(-c6ccccc6)cc5)ccc4c3)nc(-c3cccc4oc5ccccc5c34)n2)c([2H])c1[2H]. The molecule has 0 saturated heterocycles. The zero-order chi connectivity index (χ0) is 35.5. The second-order valence-electron chi connectivity index (χ2n) is 11.3. The van der Waals surface area contributed by atoms with Crippen LogP contribution in [0.1, 0.15) is 6.85 Å². The average molecular weight is 607 g/mol. The Morgan fingerprint density at radius 1 is 0.426 bits per heavy atom. The number of nitrogens with zero attached hydrogens (tertiary/aromatic N) is 3. The van der Waals surface area contributed by atoms with E-state index in [0.29, 0.717) is 33.9 Å². The molecule has 2 heterocycles. The smallest absolute Gasteiger partial charge is 0.164 e. The molecule has 0 aliphatic carbocycles. The van der Waals surface area contributed by atoms with Crippen LogP contribution in [0.3, 0.4) is 0 Å². The molecule has 0 atom stereocenters. The summed E-state index contributed by atoms with van der Waals surface area (Å²) in [5.41, 5.74) is 7.16. The fourth-order valence-electron chi connectivity index (χ4n) is 6.11. The second-order valence-corrected chi connectivity index (χ2v) is 11.3. The van der Waals surface area contributed by atoms with Crippen LogP contribution in [0.5, 0.6) is 0 Å². The maximum absolute atomic E-state index is 8.70. The van der Waals surface area contributed by atoms with Crippen LogP contribution in [-0.2, 0) is 0 Å². The normalized spacial score (nSPS) is 12.9. The van der Waals surface area contributed by atoms with E-state index in [0.717, 1.165) is 38.2 Å². The van der Waals surface area contributed by atoms with Crippen LogP contribution >= 0.6 is 0 Å². The molecule has 0 bridgehead atoms. The van der Waals surface area contributed by atoms with E-state index < -0.39 is 18.1 Å². The number of para-hydroxylation sites is 1. The zero-order valence-corrected chi connectivity index (χ0v) is 25.0. The van der Waals surface area contributed by atoms with Crippen molar-refractivity contribution in [2.24, 2.45) is 0 Å². The van der Waals surface area contributed by atoms with Gasteiger partial charge >= 0.3 is 0 Å². The van der Waals surface area contributed by atoms with E-state index in [4.69, 9.17) is 26.2 Å². The molecule has 7 aromatic carbocycles. The molecule has 9 aromatic rings. The fourth-order valence-corrected chi connectivity index (χ4v) is 6.11. The van der Waals surface area contributed by atoms with Gasteiger partial charge in [0.05, 0.1) is 6.85 Å². The molecule has 0 amide bonds. The molecule has 0 saturated carbocycles. The van der Waals surface area contributed by atoms with Gasteiger partial charge in [0, 0.05) is 27.5 Å². The molecular weight excluding hydrogens is 574 g/mol. The molecule has 9 rings (SSSR count). The number of benzene rings is 7. The van der Waals surface area contributed by atoms with Crippen molar-refractivity contribution in [3.8, 4) is 56.4 Å². The highest BCUT2D eigenvalue weighted by Crippen LogP contribution is 2.37. The minimum absolute atomic E-state index is 0.0174. The first-order valence-electron chi connectivity index (χ1n) is 17.8. The number of hydrogen-bond acceptors (Lipinski definition) is 4. The Kier molecular flexibility index (Phi) is 5.28. The van der Waals surface area contributed by atoms with Crippen LogP contribution in [-0.4, -0.2) is 15.0 Å². The topological polar surface area (TPSA) is 51.8 Å². The van der Waals surface area contributed by atoms with Gasteiger partial charge in [-0.2, -0.15) is 0 Å². The highest BCUT2D eigenvalue weighted by Gasteiger charge is 2.18. The monoisotopic (exact) mass is 606 g/mol. The average Bonchev–Trinajstić information content (AvgIpc) is 3.58. The summed E-state index contributed by atoms with van der Waals surface area (Å²) in [5.74, 6) is 0.577. The van der Waals surface area contributed by atoms with Crippen molar-refractivity contribution < 1.29 is 11.3 Å². The number of hydrogen-bond donors (Lipinski definition) is 0. The first kappa shape index (κ1) is 22.2. The molecule has 220 valence electrons. The van der Waals surface area contributed by atoms with E-state index in [2.05, 4.69) is 54.6 Å². The molecule has 0 spiro atoms. The molecule has 0 radical (unpaired) electrons. The molecule has 47 heavy (non-hydrogen) atoms. The predicted molar refractivity (Wildman–Crippen MR) is 192 cm³/mol. The molecule has 4 nitrogen and oxygen atoms in total. The second kappa shape index (κ2) is 11.2. The first-order chi connectivity index (χ1) is 25.3. The summed E-state index contributed by atoms with van der Waals surface area (Å²) in [6.07, 6.45) is 0. The van der Waals surface area contributed by atoms with Gasteiger partial charge in [-0.1, -0.05) is 139 Å². The van der Waals surface area contributed by atoms with Crippen molar-refractivity contribution in [2.75, 3.05) is 0 Å². The Hall–Kier alpha value is -6.39. The molecule has 4 heteroatoms. The van der Waals surface area contributed by atoms with Gasteiger partial charge in [0.2, 0.25) is 0 Å². The molecule has 2 aromatic heterocycles. The van der Waals surface area contributed by atoms with Crippen LogP contribution in [0.15, 0.2) is 168 Å². The number of furan rings is 1. The van der Waals surface area contributed by atoms with Crippen LogP contribution in [0.2, 0.25) is 0 Å². The molecule has 0 N–H and O–H groups in total. The van der Waals surface area contributed by atoms with Gasteiger partial charge in [-0.25, -0.2) is 15.0 Å². The van der Waals surface area contributed by atoms with Gasteiger partial charge in [0.1, 0.15) is 11.2 Å². The van der Waals surface area contributed by atoms with E-state index >= 15 is 0 Å². The number of fused-ring (bicyclic) bond motifs is 4. The van der Waals surface area contributed by atoms with Crippen molar-refractivity contribution >= 4 is 32.7 Å². The van der Waals surface area contributed by atoms with Crippen molar-refractivity contribution in [2.45, 2.75) is 0 Å². The van der Waals surface area contributed by atoms with Gasteiger partial charge in [0.15, 0.2) is 17.5 Å². The number of rotatable bonds is 5. The predicted octanol–water partition coefficient (Wildman–Crippen LogP) is 11.3. The van der Waals surface area contributed by atoms with Crippen molar-refractivity contribution in [1.82, 2.24) is 15.0 Å². The van der Waals surface area contributed by atoms with E-state index in [9.17, 15) is 0 Å². The zero-order valence-electron chi connectivity index (χ0n) is 30.0. The third kappa shape index (κ3) is 4.93. The van der Waals surface area contributed by atoms with E-state index in [-0.39, 0.29) is 23.5 Å². The highest BCUT2D eigenvalue weighted by atomic mass is 16.3. The lowest BCUT2D eigenvalue weighted by Crippen LogP contribution is -2.00. The Morgan fingerprint density at radius 3 is 1.79 bits per heavy atom. The van der Waals surface area contributed by atoms with Crippen LogP contribution in [0.4, 0.5) is 0 Å². The van der Waals surface area contributed by atoms with Crippen molar-refractivity contribution in [3.05, 3.63) is 164 Å². The Morgan fingerprint density at radius 2 is 1.00 bits per heavy atom. The van der Waals surface area contributed by atoms with Gasteiger partial charge in [-0.15, -0.1) is 0 Å². The lowest BCUT2D eigenvalue weighted by Gasteiger charge is -2.10. The molecule has 0 aliphatic heterocycles. The summed E-state index contributed by atoms with van der Waals surface area (Å²) < 4.78 is 48.3. The lowest BCUT2D eigenvalue weighted by atomic mass is 9.97. The Bertz CT molecular complexity index is 2820. The van der Waals surface area contributed by atoms with Crippen LogP contribution in [0.25, 0.3) is 89.1 Å². The van der Waals surface area contributed by atoms with Crippen molar-refractivity contribution in [1.29, 1.82) is 0 Å². The molecule has 0 unspecified atom stereocenters. The standard InChI is InChI=1S/C43H27N3O/c1-3-10-28(11-4-1)29-18-20-30(21-19-29)32-22-23-34-27-35(25-24-33(34)26-32)42-44-41(31-12-5-2-6-13-31)45-43(46-42)37-15-9-17-39-40(37)36-14-7-8-16-38(36)47-39/h1-27H/i2D,5D,6D,12D,13D. The summed E-state index contributed by atoms with van der Waals surface area (Å²) in [7, 11) is 0. The van der Waals surface area contributed by atoms with Crippen molar-refractivity contribution in [3.63, 3.8) is 0 Å². The third-order valence-electron chi connectivity index (χ3n) is 8.43. The maximum atomic E-state index is 8.70. The minimum atomic E-state index is -0.482. The first-order valence-corrected chi connectivity index (χ1v) is 15.3. The summed E-state index contributed by atoms with van der Waals surface area (Å²) >= 11 is 0. The van der Waals surface area contributed by atoms with Crippen LogP contribution in [0, 0.1) is 0 Å². The quantitative estimate of drug-likeness (QED) is 0.196. The maximum Gasteiger partial charge on any atom is 0.164 e. The molecule has 0 aliphatic rings. The van der Waals surface area contributed by atoms with E-state index in [1.807, 2.05) is 78.9 Å². The highest BCUT2D eigenvalue weighted by molar-refractivity contribution is 6.11. The summed E-state index contributed by atoms with van der Waals surface area (Å²) in [4.78, 5) is 14.5. The minimum Gasteiger partial charge on any atom is -0.456 e. The largest absolute Gasteiger partial charge is 0.456 e. The summed E-state index contributed by atoms with van der Waals surface area (Å²) in [6.45, 7) is 0. The fraction of sp³-hybridized carbons (Fsp3) is 0. The van der Waals surface area contributed by atoms with E-state index in [1.165, 1.54) is 5.56 Å². The number of aromatic nitrogens is 3.